The van der Waals surface area contributed by atoms with Gasteiger partial charge in [-0.05, 0) is 30.5 Å². The van der Waals surface area contributed by atoms with E-state index in [1.807, 2.05) is 11.8 Å². The van der Waals surface area contributed by atoms with Crippen molar-refractivity contribution >= 4 is 17.7 Å². The second kappa shape index (κ2) is 4.73. The fourth-order valence-corrected chi connectivity index (χ4v) is 2.89. The molecule has 1 saturated carbocycles. The van der Waals surface area contributed by atoms with E-state index in [1.165, 1.54) is 12.0 Å². The fraction of sp³-hybridized carbons (Fsp3) is 0.500. The van der Waals surface area contributed by atoms with Crippen molar-refractivity contribution in [1.82, 2.24) is 0 Å². The maximum absolute atomic E-state index is 11.7. The summed E-state index contributed by atoms with van der Waals surface area (Å²) in [6.07, 6.45) is 1.83. The number of hydrogen-bond acceptors (Lipinski definition) is 3. The average Bonchev–Trinajstić information content (AvgIpc) is 3.09. The lowest BCUT2D eigenvalue weighted by Gasteiger charge is -2.13. The van der Waals surface area contributed by atoms with Crippen molar-refractivity contribution in [1.29, 1.82) is 0 Å². The summed E-state index contributed by atoms with van der Waals surface area (Å²) < 4.78 is 4.88. The van der Waals surface area contributed by atoms with E-state index >= 15 is 0 Å². The summed E-state index contributed by atoms with van der Waals surface area (Å²) in [5.74, 6) is -0.0956. The summed E-state index contributed by atoms with van der Waals surface area (Å²) in [6.45, 7) is 4.35. The van der Waals surface area contributed by atoms with E-state index < -0.39 is 0 Å². The van der Waals surface area contributed by atoms with Crippen molar-refractivity contribution in [2.24, 2.45) is 0 Å². The number of carbonyl (C=O) groups excluding carboxylic acids is 1. The van der Waals surface area contributed by atoms with E-state index in [0.29, 0.717) is 5.25 Å². The fourth-order valence-electron chi connectivity index (χ4n) is 2.06. The second-order valence-corrected chi connectivity index (χ2v) is 6.41. The smallest absolute Gasteiger partial charge is 0.316 e. The van der Waals surface area contributed by atoms with Gasteiger partial charge >= 0.3 is 5.97 Å². The van der Waals surface area contributed by atoms with Gasteiger partial charge in [0.15, 0.2) is 0 Å². The Bertz CT molecular complexity index is 405. The molecular formula is C14H18O2S. The number of ether oxygens (including phenoxy) is 1. The van der Waals surface area contributed by atoms with Crippen molar-refractivity contribution in [2.45, 2.75) is 42.2 Å². The minimum Gasteiger partial charge on any atom is -0.468 e. The predicted octanol–water partition coefficient (Wildman–Crippen LogP) is 3.39. The van der Waals surface area contributed by atoms with Gasteiger partial charge in [-0.1, -0.05) is 26.0 Å². The molecular weight excluding hydrogens is 232 g/mol. The van der Waals surface area contributed by atoms with Crippen LogP contribution in [0.25, 0.3) is 0 Å². The molecule has 1 aliphatic carbocycles. The summed E-state index contributed by atoms with van der Waals surface area (Å²) in [5.41, 5.74) is 0.757. The lowest BCUT2D eigenvalue weighted by Crippen LogP contribution is -2.21. The first kappa shape index (κ1) is 12.5. The van der Waals surface area contributed by atoms with Gasteiger partial charge in [-0.2, -0.15) is 0 Å². The zero-order valence-electron chi connectivity index (χ0n) is 10.5. The maximum atomic E-state index is 11.7. The van der Waals surface area contributed by atoms with Crippen LogP contribution in [0.1, 0.15) is 32.3 Å². The van der Waals surface area contributed by atoms with Gasteiger partial charge in [-0.3, -0.25) is 4.79 Å². The monoisotopic (exact) mass is 250 g/mol. The Balaban J connectivity index is 2.16. The largest absolute Gasteiger partial charge is 0.468 e. The van der Waals surface area contributed by atoms with E-state index in [4.69, 9.17) is 4.74 Å². The molecule has 0 unspecified atom stereocenters. The number of carbonyl (C=O) groups is 1. The first-order valence-electron chi connectivity index (χ1n) is 5.94. The summed E-state index contributed by atoms with van der Waals surface area (Å²) in [5, 5.41) is 0.580. The van der Waals surface area contributed by atoms with Crippen molar-refractivity contribution < 1.29 is 9.53 Å². The molecule has 0 radical (unpaired) electrons. The van der Waals surface area contributed by atoms with Crippen LogP contribution in [0.2, 0.25) is 0 Å². The number of hydrogen-bond donors (Lipinski definition) is 0. The van der Waals surface area contributed by atoms with E-state index in [0.717, 1.165) is 18.4 Å². The molecule has 1 aromatic carbocycles. The number of methoxy groups -OCH3 is 1. The Morgan fingerprint density at radius 3 is 2.29 bits per heavy atom. The highest BCUT2D eigenvalue weighted by Crippen LogP contribution is 2.49. The Morgan fingerprint density at radius 1 is 1.29 bits per heavy atom. The van der Waals surface area contributed by atoms with E-state index in [2.05, 4.69) is 38.1 Å². The first-order valence-corrected chi connectivity index (χ1v) is 6.82. The highest BCUT2D eigenvalue weighted by atomic mass is 32.2. The van der Waals surface area contributed by atoms with Crippen LogP contribution in [0, 0.1) is 0 Å². The van der Waals surface area contributed by atoms with Gasteiger partial charge in [0.25, 0.3) is 0 Å². The molecule has 92 valence electrons. The van der Waals surface area contributed by atoms with Gasteiger partial charge in [-0.15, -0.1) is 11.8 Å². The standard InChI is InChI=1S/C14H18O2S/c1-10(2)17-12-6-4-11(5-7-12)14(8-9-14)13(15)16-3/h4-7,10H,8-9H2,1-3H3. The molecule has 0 atom stereocenters. The SMILES string of the molecule is COC(=O)C1(c2ccc(SC(C)C)cc2)CC1. The second-order valence-electron chi connectivity index (χ2n) is 4.76. The molecule has 0 amide bonds. The third kappa shape index (κ3) is 2.49. The Labute approximate surface area is 107 Å². The van der Waals surface area contributed by atoms with Crippen LogP contribution in [0.4, 0.5) is 0 Å². The summed E-state index contributed by atoms with van der Waals surface area (Å²) in [4.78, 5) is 13.0. The van der Waals surface area contributed by atoms with Crippen LogP contribution in [0.5, 0.6) is 0 Å². The molecule has 1 aromatic rings. The number of rotatable bonds is 4. The first-order chi connectivity index (χ1) is 8.08. The molecule has 0 bridgehead atoms. The molecule has 2 rings (SSSR count). The summed E-state index contributed by atoms with van der Waals surface area (Å²) >= 11 is 1.84. The molecule has 3 heteroatoms. The maximum Gasteiger partial charge on any atom is 0.316 e. The molecule has 1 aliphatic rings. The highest BCUT2D eigenvalue weighted by molar-refractivity contribution is 7.99. The van der Waals surface area contributed by atoms with Gasteiger partial charge in [0.05, 0.1) is 12.5 Å². The zero-order valence-corrected chi connectivity index (χ0v) is 11.3. The molecule has 0 aromatic heterocycles. The number of benzene rings is 1. The van der Waals surface area contributed by atoms with Gasteiger partial charge in [0.1, 0.15) is 0 Å². The summed E-state index contributed by atoms with van der Waals surface area (Å²) in [6, 6.07) is 8.33. The van der Waals surface area contributed by atoms with Gasteiger partial charge < -0.3 is 4.74 Å². The molecule has 17 heavy (non-hydrogen) atoms. The lowest BCUT2D eigenvalue weighted by molar-refractivity contribution is -0.143. The van der Waals surface area contributed by atoms with Crippen LogP contribution in [-0.4, -0.2) is 18.3 Å². The molecule has 0 heterocycles. The van der Waals surface area contributed by atoms with Gasteiger partial charge in [0.2, 0.25) is 0 Å². The van der Waals surface area contributed by atoms with E-state index in [9.17, 15) is 4.79 Å². The van der Waals surface area contributed by atoms with Crippen LogP contribution in [-0.2, 0) is 14.9 Å². The van der Waals surface area contributed by atoms with Crippen LogP contribution >= 0.6 is 11.8 Å². The lowest BCUT2D eigenvalue weighted by atomic mass is 9.96. The summed E-state index contributed by atoms with van der Waals surface area (Å²) in [7, 11) is 1.46. The highest BCUT2D eigenvalue weighted by Gasteiger charge is 2.52. The quantitative estimate of drug-likeness (QED) is 0.605. The van der Waals surface area contributed by atoms with Crippen molar-refractivity contribution in [3.63, 3.8) is 0 Å². The number of thioether (sulfide) groups is 1. The van der Waals surface area contributed by atoms with Crippen molar-refractivity contribution in [3.05, 3.63) is 29.8 Å². The van der Waals surface area contributed by atoms with Crippen LogP contribution in [0.3, 0.4) is 0 Å². The average molecular weight is 250 g/mol. The van der Waals surface area contributed by atoms with Crippen LogP contribution < -0.4 is 0 Å². The zero-order chi connectivity index (χ0) is 12.5. The predicted molar refractivity (Wildman–Crippen MR) is 70.4 cm³/mol. The Hall–Kier alpha value is -0.960. The minimum atomic E-state index is -0.338. The van der Waals surface area contributed by atoms with E-state index in [1.54, 1.807) is 0 Å². The van der Waals surface area contributed by atoms with Crippen molar-refractivity contribution in [3.8, 4) is 0 Å². The number of esters is 1. The Kier molecular flexibility index (Phi) is 3.48. The molecule has 0 spiro atoms. The Morgan fingerprint density at radius 2 is 1.88 bits per heavy atom. The molecule has 2 nitrogen and oxygen atoms in total. The normalized spacial score (nSPS) is 16.9. The van der Waals surface area contributed by atoms with E-state index in [-0.39, 0.29) is 11.4 Å². The van der Waals surface area contributed by atoms with Gasteiger partial charge in [0, 0.05) is 10.1 Å². The van der Waals surface area contributed by atoms with Crippen LogP contribution in [0.15, 0.2) is 29.2 Å². The minimum absolute atomic E-state index is 0.0956. The molecule has 0 saturated heterocycles. The van der Waals surface area contributed by atoms with Gasteiger partial charge in [-0.25, -0.2) is 0 Å². The molecule has 0 aliphatic heterocycles. The molecule has 0 N–H and O–H groups in total. The topological polar surface area (TPSA) is 26.3 Å². The molecule has 1 fully saturated rings. The third-order valence-corrected chi connectivity index (χ3v) is 4.12. The van der Waals surface area contributed by atoms with Crippen molar-refractivity contribution in [2.75, 3.05) is 7.11 Å². The third-order valence-electron chi connectivity index (χ3n) is 3.10.